The third kappa shape index (κ3) is 5.26. The molecule has 42 heavy (non-hydrogen) atoms. The van der Waals surface area contributed by atoms with Crippen molar-refractivity contribution in [1.29, 1.82) is 0 Å². The first-order valence-electron chi connectivity index (χ1n) is 14.1. The molecule has 1 saturated heterocycles. The molecule has 2 fully saturated rings. The summed E-state index contributed by atoms with van der Waals surface area (Å²) < 4.78 is 56.4. The molecule has 0 amide bonds. The van der Waals surface area contributed by atoms with Crippen LogP contribution in [0.4, 0.5) is 14.5 Å². The summed E-state index contributed by atoms with van der Waals surface area (Å²) in [6.45, 7) is 6.62. The second-order valence-electron chi connectivity index (χ2n) is 12.0. The minimum absolute atomic E-state index is 0.163. The average molecular weight is 614 g/mol. The number of rotatable bonds is 5. The van der Waals surface area contributed by atoms with Gasteiger partial charge in [0.05, 0.1) is 15.8 Å². The van der Waals surface area contributed by atoms with E-state index in [1.807, 2.05) is 29.2 Å². The van der Waals surface area contributed by atoms with Gasteiger partial charge in [0, 0.05) is 54.3 Å². The summed E-state index contributed by atoms with van der Waals surface area (Å²) in [6, 6.07) is 12.8. The lowest BCUT2D eigenvalue weighted by molar-refractivity contribution is 0.246. The van der Waals surface area contributed by atoms with Crippen LogP contribution in [0.1, 0.15) is 50.7 Å². The summed E-state index contributed by atoms with van der Waals surface area (Å²) in [5.74, 6) is -2.37. The normalized spacial score (nSPS) is 20.1. The van der Waals surface area contributed by atoms with Crippen LogP contribution in [0.25, 0.3) is 11.1 Å². The third-order valence-electron chi connectivity index (χ3n) is 8.77. The van der Waals surface area contributed by atoms with Gasteiger partial charge in [-0.2, -0.15) is 0 Å². The third-order valence-corrected chi connectivity index (χ3v) is 12.1. The van der Waals surface area contributed by atoms with Crippen molar-refractivity contribution in [2.75, 3.05) is 31.1 Å². The maximum atomic E-state index is 13.8. The molecule has 0 atom stereocenters. The van der Waals surface area contributed by atoms with Crippen molar-refractivity contribution in [3.8, 4) is 16.9 Å². The second-order valence-corrected chi connectivity index (χ2v) is 15.4. The number of hydrogen-bond acceptors (Lipinski definition) is 8. The van der Waals surface area contributed by atoms with E-state index in [1.165, 1.54) is 11.9 Å². The van der Waals surface area contributed by atoms with E-state index >= 15 is 0 Å². The molecule has 2 N–H and O–H groups in total. The Balaban J connectivity index is 1.17. The van der Waals surface area contributed by atoms with E-state index in [2.05, 4.69) is 23.3 Å². The highest BCUT2D eigenvalue weighted by Gasteiger charge is 2.36. The molecule has 3 aromatic carbocycles. The first kappa shape index (κ1) is 28.9. The molecule has 0 unspecified atom stereocenters. The van der Waals surface area contributed by atoms with Crippen LogP contribution in [0.3, 0.4) is 0 Å². The molecule has 0 spiro atoms. The Morgan fingerprint density at radius 3 is 2.17 bits per heavy atom. The van der Waals surface area contributed by atoms with Crippen LogP contribution in [0.15, 0.2) is 63.5 Å². The van der Waals surface area contributed by atoms with Crippen LogP contribution in [-0.4, -0.2) is 60.2 Å². The number of sulfone groups is 1. The molecule has 1 saturated carbocycles. The molecule has 0 aromatic heterocycles. The van der Waals surface area contributed by atoms with Gasteiger partial charge in [-0.05, 0) is 78.4 Å². The van der Waals surface area contributed by atoms with Gasteiger partial charge in [-0.15, -0.1) is 0 Å². The summed E-state index contributed by atoms with van der Waals surface area (Å²) >= 11 is 1.53. The zero-order valence-electron chi connectivity index (χ0n) is 23.5. The van der Waals surface area contributed by atoms with E-state index < -0.39 is 26.7 Å². The Morgan fingerprint density at radius 2 is 1.50 bits per heavy atom. The van der Waals surface area contributed by atoms with Crippen LogP contribution in [0.5, 0.6) is 5.75 Å². The van der Waals surface area contributed by atoms with Gasteiger partial charge in [0.1, 0.15) is 11.5 Å². The number of hydrogen-bond donors (Lipinski definition) is 2. The lowest BCUT2D eigenvalue weighted by Crippen LogP contribution is -2.43. The van der Waals surface area contributed by atoms with Crippen molar-refractivity contribution in [3.05, 3.63) is 71.3 Å². The van der Waals surface area contributed by atoms with Gasteiger partial charge in [0.2, 0.25) is 0 Å². The zero-order chi connectivity index (χ0) is 29.8. The lowest BCUT2D eigenvalue weighted by atomic mass is 9.77. The largest absolute Gasteiger partial charge is 0.506 e. The quantitative estimate of drug-likeness (QED) is 0.152. The molecule has 3 aromatic rings. The minimum atomic E-state index is -3.52. The summed E-state index contributed by atoms with van der Waals surface area (Å²) in [6.07, 6.45) is 3.04. The Morgan fingerprint density at radius 1 is 0.881 bits per heavy atom. The maximum absolute atomic E-state index is 13.8. The van der Waals surface area contributed by atoms with Crippen LogP contribution in [0, 0.1) is 17.0 Å². The van der Waals surface area contributed by atoms with Crippen LogP contribution >= 0.6 is 11.9 Å². The smallest absolute Gasteiger partial charge is 0.181 e. The van der Waals surface area contributed by atoms with Gasteiger partial charge in [0.25, 0.3) is 0 Å². The van der Waals surface area contributed by atoms with E-state index in [9.17, 15) is 27.5 Å². The monoisotopic (exact) mass is 613 g/mol. The van der Waals surface area contributed by atoms with Crippen LogP contribution in [0.2, 0.25) is 0 Å². The Hall–Kier alpha value is -3.15. The molecule has 0 bridgehead atoms. The molecule has 222 valence electrons. The van der Waals surface area contributed by atoms with Crippen molar-refractivity contribution in [2.24, 2.45) is 10.6 Å². The summed E-state index contributed by atoms with van der Waals surface area (Å²) in [5.41, 5.74) is 3.83. The molecule has 7 nitrogen and oxygen atoms in total. The predicted molar refractivity (Wildman–Crippen MR) is 160 cm³/mol. The first-order valence-corrected chi connectivity index (χ1v) is 16.4. The number of phenols is 1. The number of halogens is 2. The number of phenolic OH excluding ortho intramolecular Hbond substituents is 1. The fourth-order valence-electron chi connectivity index (χ4n) is 6.22. The van der Waals surface area contributed by atoms with Crippen molar-refractivity contribution >= 4 is 33.2 Å². The Bertz CT molecular complexity index is 1680. The van der Waals surface area contributed by atoms with E-state index in [4.69, 9.17) is 0 Å². The van der Waals surface area contributed by atoms with Gasteiger partial charge in [-0.25, -0.2) is 21.5 Å². The van der Waals surface area contributed by atoms with Gasteiger partial charge in [-0.1, -0.05) is 31.1 Å². The second kappa shape index (κ2) is 10.8. The van der Waals surface area contributed by atoms with Crippen molar-refractivity contribution in [3.63, 3.8) is 0 Å². The standard InChI is InChI=1S/C31H33F2N3O4S2/c1-31(2)9-7-20(8-10-31)42(39,40)21-4-6-23-22-5-3-19(15-24(22)30(34-38)25(23)16-21)41-36-13-11-35(12-14-36)28-17-26(32)27(33)18-29(28)37/h3-6,15-18,20,37-38H,7-14H2,1-2H3/b34-30+. The van der Waals surface area contributed by atoms with Crippen LogP contribution < -0.4 is 4.90 Å². The number of fused-ring (bicyclic) bond motifs is 3. The van der Waals surface area contributed by atoms with E-state index in [0.717, 1.165) is 46.6 Å². The molecule has 0 radical (unpaired) electrons. The molecular formula is C31H33F2N3O4S2. The number of nitrogens with zero attached hydrogens (tertiary/aromatic N) is 3. The molecular weight excluding hydrogens is 580 g/mol. The molecule has 11 heteroatoms. The Kier molecular flexibility index (Phi) is 7.47. The van der Waals surface area contributed by atoms with E-state index in [1.54, 1.807) is 12.1 Å². The topological polar surface area (TPSA) is 93.4 Å². The summed E-state index contributed by atoms with van der Waals surface area (Å²) in [5, 5.41) is 23.3. The van der Waals surface area contributed by atoms with Crippen LogP contribution in [-0.2, 0) is 9.84 Å². The predicted octanol–water partition coefficient (Wildman–Crippen LogP) is 6.45. The van der Waals surface area contributed by atoms with Gasteiger partial charge >= 0.3 is 0 Å². The van der Waals surface area contributed by atoms with Crippen molar-refractivity contribution < 1.29 is 27.5 Å². The molecule has 3 aliphatic rings. The fourth-order valence-corrected chi connectivity index (χ4v) is 8.94. The number of aromatic hydroxyl groups is 1. The summed E-state index contributed by atoms with van der Waals surface area (Å²) in [4.78, 5) is 3.01. The zero-order valence-corrected chi connectivity index (χ0v) is 25.1. The number of piperazine rings is 1. The number of benzene rings is 3. The molecule has 6 rings (SSSR count). The van der Waals surface area contributed by atoms with Gasteiger partial charge in [0.15, 0.2) is 21.5 Å². The number of oxime groups is 1. The first-order chi connectivity index (χ1) is 20.0. The summed E-state index contributed by atoms with van der Waals surface area (Å²) in [7, 11) is -3.52. The maximum Gasteiger partial charge on any atom is 0.181 e. The van der Waals surface area contributed by atoms with Crippen molar-refractivity contribution in [2.45, 2.75) is 54.6 Å². The number of anilines is 1. The highest BCUT2D eigenvalue weighted by atomic mass is 32.2. The molecule has 1 aliphatic heterocycles. The average Bonchev–Trinajstić information content (AvgIpc) is 3.27. The van der Waals surface area contributed by atoms with Gasteiger partial charge in [-0.3, -0.25) is 0 Å². The SMILES string of the molecule is CC1(C)CCC(S(=O)(=O)c2ccc3c(c2)/C(=N/O)c2cc(SN4CCN(c5cc(F)c(F)cc5O)CC4)ccc2-3)CC1. The van der Waals surface area contributed by atoms with E-state index in [0.29, 0.717) is 50.3 Å². The highest BCUT2D eigenvalue weighted by Crippen LogP contribution is 2.43. The lowest BCUT2D eigenvalue weighted by Gasteiger charge is -2.35. The Labute approximate surface area is 248 Å². The minimum Gasteiger partial charge on any atom is -0.506 e. The highest BCUT2D eigenvalue weighted by molar-refractivity contribution is 7.97. The fraction of sp³-hybridized carbons (Fsp3) is 0.387. The van der Waals surface area contributed by atoms with Gasteiger partial charge < -0.3 is 15.2 Å². The van der Waals surface area contributed by atoms with E-state index in [-0.39, 0.29) is 21.7 Å². The van der Waals surface area contributed by atoms with Crippen molar-refractivity contribution in [1.82, 2.24) is 4.31 Å². The molecule has 2 aliphatic carbocycles. The molecule has 1 heterocycles.